The lowest BCUT2D eigenvalue weighted by molar-refractivity contribution is -0.148. The molecule has 2 fully saturated rings. The van der Waals surface area contributed by atoms with Gasteiger partial charge in [0.2, 0.25) is 0 Å². The van der Waals surface area contributed by atoms with Crippen LogP contribution in [-0.2, 0) is 9.53 Å². The molecule has 1 saturated heterocycles. The Morgan fingerprint density at radius 2 is 1.90 bits per heavy atom. The summed E-state index contributed by atoms with van der Waals surface area (Å²) in [5, 5.41) is 3.09. The number of carbonyl (C=O) groups is 1. The summed E-state index contributed by atoms with van der Waals surface area (Å²) in [6, 6.07) is 7.74. The largest absolute Gasteiger partial charge is 0.494 e. The zero-order valence-electron chi connectivity index (χ0n) is 19.0. The maximum atomic E-state index is 13.1. The molecule has 5 heteroatoms. The molecule has 1 aliphatic carbocycles. The van der Waals surface area contributed by atoms with Gasteiger partial charge in [0.15, 0.2) is 0 Å². The van der Waals surface area contributed by atoms with Gasteiger partial charge in [-0.3, -0.25) is 4.79 Å². The van der Waals surface area contributed by atoms with E-state index in [2.05, 4.69) is 24.1 Å². The van der Waals surface area contributed by atoms with E-state index >= 15 is 0 Å². The van der Waals surface area contributed by atoms with Crippen LogP contribution >= 0.6 is 0 Å². The monoisotopic (exact) mass is 416 g/mol. The lowest BCUT2D eigenvalue weighted by Gasteiger charge is -2.38. The molecule has 2 aliphatic rings. The zero-order chi connectivity index (χ0) is 21.2. The van der Waals surface area contributed by atoms with Crippen LogP contribution in [0.15, 0.2) is 24.3 Å². The van der Waals surface area contributed by atoms with Gasteiger partial charge in [0.25, 0.3) is 5.91 Å². The molecule has 1 aliphatic heterocycles. The van der Waals surface area contributed by atoms with Crippen LogP contribution in [0.4, 0.5) is 5.69 Å². The van der Waals surface area contributed by atoms with Gasteiger partial charge in [-0.1, -0.05) is 26.7 Å². The highest BCUT2D eigenvalue weighted by atomic mass is 16.5. The van der Waals surface area contributed by atoms with Crippen LogP contribution in [0.3, 0.4) is 0 Å². The molecular formula is C25H40N2O3. The third-order valence-corrected chi connectivity index (χ3v) is 6.40. The minimum Gasteiger partial charge on any atom is -0.494 e. The van der Waals surface area contributed by atoms with Crippen molar-refractivity contribution in [3.8, 4) is 5.75 Å². The second kappa shape index (κ2) is 11.7. The molecule has 1 aromatic rings. The topological polar surface area (TPSA) is 50.8 Å². The average molecular weight is 417 g/mol. The second-order valence-corrected chi connectivity index (χ2v) is 9.13. The quantitative estimate of drug-likeness (QED) is 0.529. The SMILES string of the molecule is CCCO[C@@]1(C(=O)Nc2ccc(OCCCN3CCCCC3)cc2)CCC[C@H](C)C1. The molecule has 1 amide bonds. The predicted molar refractivity (Wildman–Crippen MR) is 122 cm³/mol. The molecule has 1 saturated carbocycles. The number of benzene rings is 1. The number of hydrogen-bond acceptors (Lipinski definition) is 4. The number of nitrogens with one attached hydrogen (secondary N) is 1. The molecule has 0 aromatic heterocycles. The van der Waals surface area contributed by atoms with E-state index in [0.717, 1.165) is 56.7 Å². The van der Waals surface area contributed by atoms with Gasteiger partial charge in [-0.2, -0.15) is 0 Å². The lowest BCUT2D eigenvalue weighted by atomic mass is 9.78. The maximum Gasteiger partial charge on any atom is 0.256 e. The van der Waals surface area contributed by atoms with Gasteiger partial charge in [0.1, 0.15) is 11.4 Å². The summed E-state index contributed by atoms with van der Waals surface area (Å²) in [5.74, 6) is 1.37. The van der Waals surface area contributed by atoms with Crippen molar-refractivity contribution in [2.24, 2.45) is 5.92 Å². The van der Waals surface area contributed by atoms with Crippen molar-refractivity contribution in [1.29, 1.82) is 0 Å². The Hall–Kier alpha value is -1.59. The van der Waals surface area contributed by atoms with Gasteiger partial charge in [0.05, 0.1) is 6.61 Å². The smallest absolute Gasteiger partial charge is 0.256 e. The number of likely N-dealkylation sites (tertiary alicyclic amines) is 1. The van der Waals surface area contributed by atoms with Gasteiger partial charge in [-0.15, -0.1) is 0 Å². The van der Waals surface area contributed by atoms with Crippen LogP contribution in [0.1, 0.15) is 71.6 Å². The number of hydrogen-bond donors (Lipinski definition) is 1. The van der Waals surface area contributed by atoms with Crippen molar-refractivity contribution in [3.63, 3.8) is 0 Å². The maximum absolute atomic E-state index is 13.1. The standard InChI is InChI=1S/C25H40N2O3/c1-3-18-30-25(14-7-9-21(2)20-25)24(28)26-22-10-12-23(13-11-22)29-19-8-17-27-15-5-4-6-16-27/h10-13,21H,3-9,14-20H2,1-2H3,(H,26,28)/t21-,25-/m0/s1. The van der Waals surface area contributed by atoms with E-state index in [9.17, 15) is 4.79 Å². The average Bonchev–Trinajstić information content (AvgIpc) is 2.77. The first-order chi connectivity index (χ1) is 14.6. The summed E-state index contributed by atoms with van der Waals surface area (Å²) in [7, 11) is 0. The summed E-state index contributed by atoms with van der Waals surface area (Å²) < 4.78 is 12.0. The minimum atomic E-state index is -0.683. The van der Waals surface area contributed by atoms with E-state index in [0.29, 0.717) is 12.5 Å². The molecule has 5 nitrogen and oxygen atoms in total. The number of nitrogens with zero attached hydrogens (tertiary/aromatic N) is 1. The van der Waals surface area contributed by atoms with Crippen molar-refractivity contribution in [1.82, 2.24) is 4.90 Å². The first-order valence-electron chi connectivity index (χ1n) is 12.0. The second-order valence-electron chi connectivity index (χ2n) is 9.13. The van der Waals surface area contributed by atoms with E-state index in [1.807, 2.05) is 24.3 Å². The first-order valence-corrected chi connectivity index (χ1v) is 12.0. The number of anilines is 1. The van der Waals surface area contributed by atoms with E-state index in [-0.39, 0.29) is 5.91 Å². The summed E-state index contributed by atoms with van der Waals surface area (Å²) >= 11 is 0. The van der Waals surface area contributed by atoms with Crippen LogP contribution in [0.2, 0.25) is 0 Å². The molecule has 2 atom stereocenters. The highest BCUT2D eigenvalue weighted by Gasteiger charge is 2.42. The zero-order valence-corrected chi connectivity index (χ0v) is 19.0. The molecule has 0 unspecified atom stereocenters. The summed E-state index contributed by atoms with van der Waals surface area (Å²) in [4.78, 5) is 15.7. The van der Waals surface area contributed by atoms with Crippen molar-refractivity contribution >= 4 is 11.6 Å². The Labute approximate surface area is 182 Å². The Bertz CT molecular complexity index is 642. The third kappa shape index (κ3) is 6.71. The number of amides is 1. The summed E-state index contributed by atoms with van der Waals surface area (Å²) in [5.41, 5.74) is 0.121. The molecule has 1 aromatic carbocycles. The van der Waals surface area contributed by atoms with Crippen molar-refractivity contribution in [2.75, 3.05) is 38.2 Å². The fraction of sp³-hybridized carbons (Fsp3) is 0.720. The summed E-state index contributed by atoms with van der Waals surface area (Å²) in [6.07, 6.45) is 9.84. The predicted octanol–water partition coefficient (Wildman–Crippen LogP) is 5.26. The first kappa shape index (κ1) is 23.1. The molecular weight excluding hydrogens is 376 g/mol. The Balaban J connectivity index is 1.46. The molecule has 30 heavy (non-hydrogen) atoms. The van der Waals surface area contributed by atoms with Gasteiger partial charge in [-0.25, -0.2) is 0 Å². The van der Waals surface area contributed by atoms with Gasteiger partial charge in [-0.05, 0) is 88.2 Å². The third-order valence-electron chi connectivity index (χ3n) is 6.40. The number of rotatable bonds is 10. The molecule has 0 bridgehead atoms. The normalized spacial score (nSPS) is 25.1. The molecule has 168 valence electrons. The van der Waals surface area contributed by atoms with Crippen LogP contribution in [0, 0.1) is 5.92 Å². The molecule has 1 heterocycles. The highest BCUT2D eigenvalue weighted by Crippen LogP contribution is 2.36. The molecule has 3 rings (SSSR count). The molecule has 1 N–H and O–H groups in total. The van der Waals surface area contributed by atoms with Crippen LogP contribution in [0.5, 0.6) is 5.75 Å². The number of carbonyl (C=O) groups excluding carboxylic acids is 1. The molecule has 0 radical (unpaired) electrons. The lowest BCUT2D eigenvalue weighted by Crippen LogP contribution is -2.48. The van der Waals surface area contributed by atoms with Crippen LogP contribution in [0.25, 0.3) is 0 Å². The van der Waals surface area contributed by atoms with Crippen molar-refractivity contribution in [2.45, 2.75) is 77.2 Å². The van der Waals surface area contributed by atoms with Crippen molar-refractivity contribution in [3.05, 3.63) is 24.3 Å². The number of piperidine rings is 1. The van der Waals surface area contributed by atoms with E-state index in [1.165, 1.54) is 38.8 Å². The van der Waals surface area contributed by atoms with Crippen LogP contribution < -0.4 is 10.1 Å². The Morgan fingerprint density at radius 1 is 1.13 bits per heavy atom. The molecule has 0 spiro atoms. The number of ether oxygens (including phenoxy) is 2. The summed E-state index contributed by atoms with van der Waals surface area (Å²) in [6.45, 7) is 9.25. The van der Waals surface area contributed by atoms with E-state index in [4.69, 9.17) is 9.47 Å². The Kier molecular flexibility index (Phi) is 9.01. The minimum absolute atomic E-state index is 0.00213. The fourth-order valence-electron chi connectivity index (χ4n) is 4.74. The van der Waals surface area contributed by atoms with Crippen molar-refractivity contribution < 1.29 is 14.3 Å². The van der Waals surface area contributed by atoms with Crippen LogP contribution in [-0.4, -0.2) is 49.3 Å². The van der Waals surface area contributed by atoms with Gasteiger partial charge < -0.3 is 19.7 Å². The fourth-order valence-corrected chi connectivity index (χ4v) is 4.74. The Morgan fingerprint density at radius 3 is 2.60 bits per heavy atom. The van der Waals surface area contributed by atoms with Gasteiger partial charge in [0, 0.05) is 18.8 Å². The van der Waals surface area contributed by atoms with Gasteiger partial charge >= 0.3 is 0 Å². The van der Waals surface area contributed by atoms with E-state index < -0.39 is 5.60 Å². The van der Waals surface area contributed by atoms with E-state index in [1.54, 1.807) is 0 Å². The highest BCUT2D eigenvalue weighted by molar-refractivity contribution is 5.97.